The van der Waals surface area contributed by atoms with Gasteiger partial charge in [-0.3, -0.25) is 14.0 Å². The van der Waals surface area contributed by atoms with Crippen LogP contribution in [0.15, 0.2) is 53.6 Å². The lowest BCUT2D eigenvalue weighted by Crippen LogP contribution is -2.38. The molecule has 0 saturated heterocycles. The van der Waals surface area contributed by atoms with Crippen LogP contribution in [-0.2, 0) is 6.42 Å². The first-order chi connectivity index (χ1) is 12.0. The molecule has 3 rings (SSSR count). The van der Waals surface area contributed by atoms with E-state index in [0.29, 0.717) is 17.1 Å². The third-order valence-corrected chi connectivity index (χ3v) is 4.34. The second-order valence-corrected chi connectivity index (χ2v) is 6.49. The Kier molecular flexibility index (Phi) is 4.86. The highest BCUT2D eigenvalue weighted by Crippen LogP contribution is 2.16. The fourth-order valence-electron chi connectivity index (χ4n) is 2.68. The van der Waals surface area contributed by atoms with Gasteiger partial charge in [-0.05, 0) is 49.6 Å². The monoisotopic (exact) mass is 355 g/mol. The Morgan fingerprint density at radius 3 is 2.84 bits per heavy atom. The van der Waals surface area contributed by atoms with Crippen molar-refractivity contribution in [2.24, 2.45) is 0 Å². The molecule has 0 spiro atoms. The van der Waals surface area contributed by atoms with Crippen molar-refractivity contribution in [3.05, 3.63) is 80.9 Å². The molecule has 2 aromatic heterocycles. The summed E-state index contributed by atoms with van der Waals surface area (Å²) in [5.41, 5.74) is 2.10. The summed E-state index contributed by atoms with van der Waals surface area (Å²) in [5.74, 6) is -0.438. The van der Waals surface area contributed by atoms with Crippen LogP contribution >= 0.6 is 11.6 Å². The molecule has 0 aliphatic rings. The van der Waals surface area contributed by atoms with Gasteiger partial charge in [0.05, 0.1) is 0 Å². The highest BCUT2D eigenvalue weighted by atomic mass is 35.5. The van der Waals surface area contributed by atoms with Crippen LogP contribution < -0.4 is 10.9 Å². The van der Waals surface area contributed by atoms with E-state index in [0.717, 1.165) is 11.1 Å². The number of nitrogens with zero attached hydrogens (tertiary/aromatic N) is 2. The molecule has 0 aliphatic heterocycles. The van der Waals surface area contributed by atoms with Crippen molar-refractivity contribution in [2.75, 3.05) is 0 Å². The largest absolute Gasteiger partial charge is 0.349 e. The molecule has 1 aromatic carbocycles. The van der Waals surface area contributed by atoms with Crippen LogP contribution in [0.4, 0.5) is 0 Å². The number of hydrogen-bond acceptors (Lipinski definition) is 3. The molecular weight excluding hydrogens is 338 g/mol. The number of aromatic nitrogens is 2. The third kappa shape index (κ3) is 3.72. The second kappa shape index (κ2) is 7.07. The number of hydrogen-bond donors (Lipinski definition) is 1. The summed E-state index contributed by atoms with van der Waals surface area (Å²) in [6, 6.07) is 10.9. The van der Waals surface area contributed by atoms with E-state index >= 15 is 0 Å². The van der Waals surface area contributed by atoms with Gasteiger partial charge in [0.2, 0.25) is 0 Å². The average Bonchev–Trinajstić information content (AvgIpc) is 2.57. The number of pyridine rings is 1. The number of carbonyl (C=O) groups excluding carboxylic acids is 1. The predicted molar refractivity (Wildman–Crippen MR) is 98.3 cm³/mol. The minimum absolute atomic E-state index is 0.0207. The summed E-state index contributed by atoms with van der Waals surface area (Å²) in [6.07, 6.45) is 3.53. The number of carbonyl (C=O) groups is 1. The van der Waals surface area contributed by atoms with Crippen LogP contribution in [0.5, 0.6) is 0 Å². The lowest BCUT2D eigenvalue weighted by atomic mass is 10.1. The maximum atomic E-state index is 12.5. The SMILES string of the molecule is Cc1ccn2c(=O)c(C(=O)NC(C)Cc3ccccc3Cl)cnc2c1. The second-order valence-electron chi connectivity index (χ2n) is 6.08. The highest BCUT2D eigenvalue weighted by Gasteiger charge is 2.16. The van der Waals surface area contributed by atoms with E-state index in [4.69, 9.17) is 11.6 Å². The van der Waals surface area contributed by atoms with Crippen LogP contribution in [-0.4, -0.2) is 21.3 Å². The lowest BCUT2D eigenvalue weighted by molar-refractivity contribution is 0.0938. The zero-order valence-corrected chi connectivity index (χ0v) is 14.7. The molecule has 0 fully saturated rings. The average molecular weight is 356 g/mol. The van der Waals surface area contributed by atoms with Gasteiger partial charge < -0.3 is 5.32 Å². The van der Waals surface area contributed by atoms with E-state index < -0.39 is 5.91 Å². The van der Waals surface area contributed by atoms with Gasteiger partial charge in [0.25, 0.3) is 11.5 Å². The molecule has 2 heterocycles. The van der Waals surface area contributed by atoms with Crippen LogP contribution in [0.25, 0.3) is 5.65 Å². The highest BCUT2D eigenvalue weighted by molar-refractivity contribution is 6.31. The smallest absolute Gasteiger partial charge is 0.270 e. The van der Waals surface area contributed by atoms with Gasteiger partial charge in [-0.15, -0.1) is 0 Å². The normalized spacial score (nSPS) is 12.1. The Hall–Kier alpha value is -2.66. The Bertz CT molecular complexity index is 997. The summed E-state index contributed by atoms with van der Waals surface area (Å²) in [5, 5.41) is 3.50. The zero-order chi connectivity index (χ0) is 18.0. The quantitative estimate of drug-likeness (QED) is 0.782. The number of amides is 1. The van der Waals surface area contributed by atoms with E-state index in [1.54, 1.807) is 18.3 Å². The third-order valence-electron chi connectivity index (χ3n) is 3.97. The van der Waals surface area contributed by atoms with Crippen molar-refractivity contribution in [1.82, 2.24) is 14.7 Å². The zero-order valence-electron chi connectivity index (χ0n) is 14.0. The first-order valence-corrected chi connectivity index (χ1v) is 8.36. The van der Waals surface area contributed by atoms with Crippen LogP contribution in [0, 0.1) is 6.92 Å². The Labute approximate surface area is 150 Å². The molecule has 1 N–H and O–H groups in total. The molecule has 0 aliphatic carbocycles. The molecule has 1 atom stereocenters. The fraction of sp³-hybridized carbons (Fsp3) is 0.211. The molecule has 128 valence electrons. The van der Waals surface area contributed by atoms with E-state index in [2.05, 4.69) is 10.3 Å². The summed E-state index contributed by atoms with van der Waals surface area (Å²) in [4.78, 5) is 29.2. The van der Waals surface area contributed by atoms with Crippen molar-refractivity contribution in [3.63, 3.8) is 0 Å². The summed E-state index contributed by atoms with van der Waals surface area (Å²) in [6.45, 7) is 3.79. The maximum Gasteiger partial charge on any atom is 0.270 e. The molecule has 25 heavy (non-hydrogen) atoms. The first-order valence-electron chi connectivity index (χ1n) is 7.98. The summed E-state index contributed by atoms with van der Waals surface area (Å²) >= 11 is 6.15. The number of halogens is 1. The molecule has 1 amide bonds. The Balaban J connectivity index is 1.80. The van der Waals surface area contributed by atoms with Gasteiger partial charge >= 0.3 is 0 Å². The van der Waals surface area contributed by atoms with E-state index in [9.17, 15) is 9.59 Å². The van der Waals surface area contributed by atoms with Gasteiger partial charge in [-0.25, -0.2) is 4.98 Å². The summed E-state index contributed by atoms with van der Waals surface area (Å²) < 4.78 is 1.38. The molecular formula is C19H18ClN3O2. The Morgan fingerprint density at radius 1 is 1.32 bits per heavy atom. The number of aryl methyl sites for hydroxylation is 1. The van der Waals surface area contributed by atoms with Crippen molar-refractivity contribution >= 4 is 23.2 Å². The van der Waals surface area contributed by atoms with Gasteiger partial charge in [0.15, 0.2) is 0 Å². The number of rotatable bonds is 4. The standard InChI is InChI=1S/C19H18ClN3O2/c1-12-7-8-23-17(9-12)21-11-15(19(23)25)18(24)22-13(2)10-14-5-3-4-6-16(14)20/h3-9,11,13H,10H2,1-2H3,(H,22,24). The molecule has 6 heteroatoms. The predicted octanol–water partition coefficient (Wildman–Crippen LogP) is 3.02. The molecule has 0 radical (unpaired) electrons. The van der Waals surface area contributed by atoms with Gasteiger partial charge in [0.1, 0.15) is 11.2 Å². The maximum absolute atomic E-state index is 12.5. The van der Waals surface area contributed by atoms with Crippen LogP contribution in [0.2, 0.25) is 5.02 Å². The topological polar surface area (TPSA) is 63.5 Å². The van der Waals surface area contributed by atoms with Crippen molar-refractivity contribution in [2.45, 2.75) is 26.3 Å². The van der Waals surface area contributed by atoms with E-state index in [1.807, 2.05) is 38.1 Å². The van der Waals surface area contributed by atoms with E-state index in [-0.39, 0.29) is 17.2 Å². The molecule has 0 bridgehead atoms. The van der Waals surface area contributed by atoms with Crippen LogP contribution in [0.1, 0.15) is 28.4 Å². The molecule has 1 unspecified atom stereocenters. The molecule has 3 aromatic rings. The lowest BCUT2D eigenvalue weighted by Gasteiger charge is -2.15. The number of nitrogens with one attached hydrogen (secondary N) is 1. The van der Waals surface area contributed by atoms with Gasteiger partial charge in [-0.1, -0.05) is 29.8 Å². The number of fused-ring (bicyclic) bond motifs is 1. The first kappa shape index (κ1) is 17.2. The van der Waals surface area contributed by atoms with Crippen molar-refractivity contribution < 1.29 is 4.79 Å². The van der Waals surface area contributed by atoms with Crippen molar-refractivity contribution in [1.29, 1.82) is 0 Å². The summed E-state index contributed by atoms with van der Waals surface area (Å²) in [7, 11) is 0. The van der Waals surface area contributed by atoms with Crippen LogP contribution in [0.3, 0.4) is 0 Å². The minimum Gasteiger partial charge on any atom is -0.349 e. The minimum atomic E-state index is -0.438. The van der Waals surface area contributed by atoms with E-state index in [1.165, 1.54) is 10.6 Å². The van der Waals surface area contributed by atoms with Crippen molar-refractivity contribution in [3.8, 4) is 0 Å². The molecule has 5 nitrogen and oxygen atoms in total. The Morgan fingerprint density at radius 2 is 2.08 bits per heavy atom. The van der Waals surface area contributed by atoms with Gasteiger partial charge in [0, 0.05) is 23.5 Å². The molecule has 0 saturated carbocycles. The van der Waals surface area contributed by atoms with Gasteiger partial charge in [-0.2, -0.15) is 0 Å². The number of benzene rings is 1. The fourth-order valence-corrected chi connectivity index (χ4v) is 2.89.